The molecule has 0 saturated carbocycles. The lowest BCUT2D eigenvalue weighted by Gasteiger charge is -1.84. The van der Waals surface area contributed by atoms with Crippen LogP contribution in [0.1, 0.15) is 6.92 Å². The van der Waals surface area contributed by atoms with Gasteiger partial charge in [0.2, 0.25) is 6.61 Å². The summed E-state index contributed by atoms with van der Waals surface area (Å²) in [5, 5.41) is 0. The Morgan fingerprint density at radius 1 is 1.83 bits per heavy atom. The Labute approximate surface area is 36.8 Å². The van der Waals surface area contributed by atoms with Crippen molar-refractivity contribution in [1.82, 2.24) is 0 Å². The van der Waals surface area contributed by atoms with Gasteiger partial charge in [-0.2, -0.15) is 0 Å². The van der Waals surface area contributed by atoms with Crippen LogP contribution in [-0.4, -0.2) is 12.4 Å². The van der Waals surface area contributed by atoms with Crippen LogP contribution in [0.2, 0.25) is 0 Å². The van der Waals surface area contributed by atoms with Crippen molar-refractivity contribution in [2.45, 2.75) is 13.0 Å². The molecule has 0 saturated heterocycles. The maximum absolute atomic E-state index is 4.39. The molecule has 2 heteroatoms. The molecule has 0 fully saturated rings. The fraction of sp³-hybridized carbons (Fsp3) is 0.500. The fourth-order valence-electron chi connectivity index (χ4n) is 0.243. The second-order valence-corrected chi connectivity index (χ2v) is 1.12. The molecule has 1 rings (SSSR count). The molecular formula is C4H4NO. The third kappa shape index (κ3) is 0.506. The number of aliphatic imine (C=N–C) groups is 1. The minimum Gasteiger partial charge on any atom is -0.456 e. The first-order valence-corrected chi connectivity index (χ1v) is 1.76. The molecule has 0 aromatic carbocycles. The van der Waals surface area contributed by atoms with Crippen LogP contribution in [0.25, 0.3) is 0 Å². The van der Waals surface area contributed by atoms with Crippen LogP contribution >= 0.6 is 0 Å². The molecule has 3 radical (unpaired) electrons. The van der Waals surface area contributed by atoms with E-state index in [4.69, 9.17) is 0 Å². The average Bonchev–Trinajstić information content (AvgIpc) is 1.86. The quantitative estimate of drug-likeness (QED) is 0.413. The van der Waals surface area contributed by atoms with E-state index >= 15 is 0 Å². The van der Waals surface area contributed by atoms with Gasteiger partial charge in [-0.1, -0.05) is 0 Å². The van der Waals surface area contributed by atoms with Gasteiger partial charge in [-0.25, -0.2) is 4.99 Å². The molecular weight excluding hydrogens is 78.1 g/mol. The molecule has 1 unspecified atom stereocenters. The van der Waals surface area contributed by atoms with Gasteiger partial charge < -0.3 is 4.74 Å². The zero-order valence-electron chi connectivity index (χ0n) is 3.43. The third-order valence-corrected chi connectivity index (χ3v) is 0.521. The van der Waals surface area contributed by atoms with Crippen molar-refractivity contribution >= 4 is 6.40 Å². The molecule has 0 aromatic rings. The van der Waals surface area contributed by atoms with Crippen molar-refractivity contribution in [3.05, 3.63) is 6.61 Å². The number of hydrogen-bond acceptors (Lipinski definition) is 2. The minimum atomic E-state index is 0.0880. The number of ether oxygens (including phenoxy) is 1. The molecule has 1 heterocycles. The largest absolute Gasteiger partial charge is 0.456 e. The highest BCUT2D eigenvalue weighted by Gasteiger charge is 2.05. The maximum Gasteiger partial charge on any atom is 0.274 e. The highest BCUT2D eigenvalue weighted by Crippen LogP contribution is 1.99. The molecule has 0 amide bonds. The van der Waals surface area contributed by atoms with E-state index in [-0.39, 0.29) is 6.04 Å². The Morgan fingerprint density at radius 2 is 2.67 bits per heavy atom. The smallest absolute Gasteiger partial charge is 0.274 e. The van der Waals surface area contributed by atoms with Crippen molar-refractivity contribution in [2.75, 3.05) is 0 Å². The van der Waals surface area contributed by atoms with Crippen molar-refractivity contribution in [2.24, 2.45) is 4.99 Å². The Morgan fingerprint density at radius 3 is 2.83 bits per heavy atom. The summed E-state index contributed by atoms with van der Waals surface area (Å²) in [6.07, 6.45) is 2.29. The van der Waals surface area contributed by atoms with E-state index in [0.717, 1.165) is 0 Å². The highest BCUT2D eigenvalue weighted by molar-refractivity contribution is 5.50. The van der Waals surface area contributed by atoms with Crippen LogP contribution in [0.15, 0.2) is 4.99 Å². The summed E-state index contributed by atoms with van der Waals surface area (Å²) < 4.78 is 4.39. The van der Waals surface area contributed by atoms with Crippen LogP contribution in [0.5, 0.6) is 0 Å². The lowest BCUT2D eigenvalue weighted by atomic mass is 10.4. The van der Waals surface area contributed by atoms with Gasteiger partial charge in [-0.3, -0.25) is 0 Å². The second-order valence-electron chi connectivity index (χ2n) is 1.12. The van der Waals surface area contributed by atoms with Crippen molar-refractivity contribution in [3.63, 3.8) is 0 Å². The normalized spacial score (nSPS) is 30.5. The van der Waals surface area contributed by atoms with Gasteiger partial charge in [0.1, 0.15) is 0 Å². The predicted octanol–water partition coefficient (Wildman–Crippen LogP) is 0.349. The van der Waals surface area contributed by atoms with Crippen LogP contribution < -0.4 is 0 Å². The lowest BCUT2D eigenvalue weighted by molar-refractivity contribution is 0.422. The summed E-state index contributed by atoms with van der Waals surface area (Å²) in [6.45, 7) is 4.42. The second kappa shape index (κ2) is 1.29. The molecule has 1 atom stereocenters. The van der Waals surface area contributed by atoms with Crippen LogP contribution in [-0.2, 0) is 4.74 Å². The zero-order valence-corrected chi connectivity index (χ0v) is 3.43. The summed E-state index contributed by atoms with van der Waals surface area (Å²) in [6, 6.07) is 0.0880. The Hall–Kier alpha value is -0.530. The molecule has 0 aliphatic carbocycles. The molecule has 31 valence electrons. The van der Waals surface area contributed by atoms with Crippen molar-refractivity contribution < 1.29 is 4.74 Å². The molecule has 1 aliphatic rings. The topological polar surface area (TPSA) is 21.6 Å². The Bertz CT molecular complexity index is 69.9. The molecule has 0 spiro atoms. The third-order valence-electron chi connectivity index (χ3n) is 0.521. The number of hydrogen-bond donors (Lipinski definition) is 0. The maximum atomic E-state index is 4.39. The summed E-state index contributed by atoms with van der Waals surface area (Å²) in [5.74, 6) is 0. The Kier molecular flexibility index (Phi) is 0.783. The van der Waals surface area contributed by atoms with Gasteiger partial charge in [0.25, 0.3) is 6.40 Å². The molecule has 6 heavy (non-hydrogen) atoms. The van der Waals surface area contributed by atoms with Gasteiger partial charge >= 0.3 is 0 Å². The van der Waals surface area contributed by atoms with Gasteiger partial charge in [0.15, 0.2) is 0 Å². The van der Waals surface area contributed by atoms with E-state index in [1.165, 1.54) is 0 Å². The molecule has 0 N–H and O–H groups in total. The van der Waals surface area contributed by atoms with E-state index in [2.05, 4.69) is 22.7 Å². The van der Waals surface area contributed by atoms with Crippen molar-refractivity contribution in [1.29, 1.82) is 0 Å². The number of nitrogens with zero attached hydrogens (tertiary/aromatic N) is 1. The SMILES string of the molecule is CC1[C]O[C]=N1. The summed E-state index contributed by atoms with van der Waals surface area (Å²) in [5.41, 5.74) is 0. The summed E-state index contributed by atoms with van der Waals surface area (Å²) in [4.78, 5) is 3.65. The van der Waals surface area contributed by atoms with E-state index in [9.17, 15) is 0 Å². The van der Waals surface area contributed by atoms with E-state index in [1.54, 1.807) is 0 Å². The van der Waals surface area contributed by atoms with Crippen LogP contribution in [0, 0.1) is 6.61 Å². The predicted molar refractivity (Wildman–Crippen MR) is 21.2 cm³/mol. The molecule has 2 nitrogen and oxygen atoms in total. The molecule has 0 bridgehead atoms. The van der Waals surface area contributed by atoms with Gasteiger partial charge in [0, 0.05) is 0 Å². The molecule has 0 aromatic heterocycles. The van der Waals surface area contributed by atoms with E-state index in [1.807, 2.05) is 6.92 Å². The highest BCUT2D eigenvalue weighted by atomic mass is 16.5. The van der Waals surface area contributed by atoms with Crippen LogP contribution in [0.3, 0.4) is 0 Å². The average molecular weight is 82.1 g/mol. The summed E-state index contributed by atoms with van der Waals surface area (Å²) >= 11 is 0. The molecule has 1 aliphatic heterocycles. The van der Waals surface area contributed by atoms with E-state index in [0.29, 0.717) is 0 Å². The zero-order chi connectivity index (χ0) is 4.41. The van der Waals surface area contributed by atoms with E-state index < -0.39 is 0 Å². The van der Waals surface area contributed by atoms with Crippen molar-refractivity contribution in [3.8, 4) is 0 Å². The first-order chi connectivity index (χ1) is 2.89. The van der Waals surface area contributed by atoms with Gasteiger partial charge in [0.05, 0.1) is 6.04 Å². The van der Waals surface area contributed by atoms with Gasteiger partial charge in [-0.15, -0.1) is 0 Å². The fourth-order valence-corrected chi connectivity index (χ4v) is 0.243. The number of rotatable bonds is 0. The summed E-state index contributed by atoms with van der Waals surface area (Å²) in [7, 11) is 0. The van der Waals surface area contributed by atoms with Gasteiger partial charge in [-0.05, 0) is 6.92 Å². The lowest BCUT2D eigenvalue weighted by Crippen LogP contribution is -1.89. The Balaban J connectivity index is 2.38. The first kappa shape index (κ1) is 3.65. The monoisotopic (exact) mass is 82.0 g/mol. The standard InChI is InChI=1S/C4H4NO/c1-4-2-6-3-5-4/h4H,1H3. The van der Waals surface area contributed by atoms with Crippen LogP contribution in [0.4, 0.5) is 0 Å². The first-order valence-electron chi connectivity index (χ1n) is 1.76. The minimum absolute atomic E-state index is 0.0880.